The highest BCUT2D eigenvalue weighted by molar-refractivity contribution is 6.08. The van der Waals surface area contributed by atoms with Crippen molar-refractivity contribution in [2.45, 2.75) is 20.8 Å². The Morgan fingerprint density at radius 2 is 2.05 bits per heavy atom. The molecule has 1 aromatic carbocycles. The van der Waals surface area contributed by atoms with Gasteiger partial charge in [-0.3, -0.25) is 4.79 Å². The minimum Gasteiger partial charge on any atom is -0.449 e. The number of ether oxygens (including phenoxy) is 1. The molecule has 0 atom stereocenters. The second-order valence-corrected chi connectivity index (χ2v) is 4.44. The molecule has 0 amide bonds. The summed E-state index contributed by atoms with van der Waals surface area (Å²) in [6.45, 7) is 5.84. The molecule has 0 aliphatic heterocycles. The third-order valence-corrected chi connectivity index (χ3v) is 3.14. The lowest BCUT2D eigenvalue weighted by molar-refractivity contribution is 0.103. The largest absolute Gasteiger partial charge is 0.449 e. The van der Waals surface area contributed by atoms with Gasteiger partial charge in [0.1, 0.15) is 12.0 Å². The maximum atomic E-state index is 12.4. The van der Waals surface area contributed by atoms with Crippen LogP contribution in [0.3, 0.4) is 0 Å². The summed E-state index contributed by atoms with van der Waals surface area (Å²) in [7, 11) is 0. The van der Waals surface area contributed by atoms with Crippen LogP contribution in [0.15, 0.2) is 30.7 Å². The third-order valence-electron chi connectivity index (χ3n) is 3.14. The summed E-state index contributed by atoms with van der Waals surface area (Å²) in [5, 5.41) is 0. The molecule has 1 aromatic heterocycles. The van der Waals surface area contributed by atoms with Crippen molar-refractivity contribution in [1.82, 2.24) is 9.55 Å². The molecule has 0 fully saturated rings. The molecule has 0 aliphatic carbocycles. The molecule has 0 radical (unpaired) electrons. The van der Waals surface area contributed by atoms with Crippen molar-refractivity contribution in [3.8, 4) is 0 Å². The number of carbonyl (C=O) groups excluding carboxylic acids is 2. The molecule has 20 heavy (non-hydrogen) atoms. The van der Waals surface area contributed by atoms with E-state index in [-0.39, 0.29) is 18.1 Å². The van der Waals surface area contributed by atoms with Gasteiger partial charge in [-0.15, -0.1) is 0 Å². The molecule has 2 rings (SSSR count). The third kappa shape index (κ3) is 2.61. The fourth-order valence-corrected chi connectivity index (χ4v) is 1.87. The number of aromatic nitrogens is 2. The molecule has 1 heterocycles. The van der Waals surface area contributed by atoms with E-state index in [2.05, 4.69) is 4.98 Å². The number of ketones is 1. The molecule has 0 unspecified atom stereocenters. The van der Waals surface area contributed by atoms with Crippen LogP contribution >= 0.6 is 0 Å². The maximum absolute atomic E-state index is 12.4. The summed E-state index contributed by atoms with van der Waals surface area (Å²) < 4.78 is 6.01. The molecule has 0 saturated heterocycles. The zero-order valence-electron chi connectivity index (χ0n) is 11.7. The van der Waals surface area contributed by atoms with Gasteiger partial charge in [0.05, 0.1) is 6.61 Å². The molecule has 0 aliphatic rings. The summed E-state index contributed by atoms with van der Waals surface area (Å²) >= 11 is 0. The molecule has 5 heteroatoms. The van der Waals surface area contributed by atoms with Gasteiger partial charge in [-0.2, -0.15) is 0 Å². The molecule has 0 spiro atoms. The number of carbonyl (C=O) groups is 2. The van der Waals surface area contributed by atoms with Gasteiger partial charge in [0.25, 0.3) is 0 Å². The van der Waals surface area contributed by atoms with Gasteiger partial charge in [0.15, 0.2) is 0 Å². The number of hydrogen-bond acceptors (Lipinski definition) is 4. The van der Waals surface area contributed by atoms with Crippen molar-refractivity contribution in [1.29, 1.82) is 0 Å². The van der Waals surface area contributed by atoms with Crippen LogP contribution in [0.4, 0.5) is 4.79 Å². The van der Waals surface area contributed by atoms with Crippen LogP contribution in [-0.2, 0) is 4.74 Å². The second kappa shape index (κ2) is 5.69. The Bertz CT molecular complexity index is 659. The van der Waals surface area contributed by atoms with Gasteiger partial charge in [0, 0.05) is 11.8 Å². The van der Waals surface area contributed by atoms with Crippen molar-refractivity contribution in [2.75, 3.05) is 6.61 Å². The van der Waals surface area contributed by atoms with Crippen LogP contribution < -0.4 is 0 Å². The minimum atomic E-state index is -0.542. The topological polar surface area (TPSA) is 61.2 Å². The van der Waals surface area contributed by atoms with Gasteiger partial charge in [-0.05, 0) is 31.9 Å². The molecular weight excluding hydrogens is 256 g/mol. The lowest BCUT2D eigenvalue weighted by atomic mass is 9.99. The molecule has 2 aromatic rings. The average Bonchev–Trinajstić information content (AvgIpc) is 2.91. The van der Waals surface area contributed by atoms with E-state index in [1.807, 2.05) is 26.0 Å². The van der Waals surface area contributed by atoms with E-state index in [0.717, 1.165) is 11.1 Å². The van der Waals surface area contributed by atoms with Crippen LogP contribution in [0, 0.1) is 13.8 Å². The lowest BCUT2D eigenvalue weighted by Gasteiger charge is -2.05. The van der Waals surface area contributed by atoms with E-state index in [1.54, 1.807) is 13.0 Å². The van der Waals surface area contributed by atoms with Crippen molar-refractivity contribution in [2.24, 2.45) is 0 Å². The number of hydrogen-bond donors (Lipinski definition) is 0. The standard InChI is InChI=1S/C15H16N2O3/c1-4-20-15(19)17-8-13(16-9-17)14(18)12-7-5-6-10(2)11(12)3/h5-9H,4H2,1-3H3. The summed E-state index contributed by atoms with van der Waals surface area (Å²) in [5.41, 5.74) is 2.79. The molecular formula is C15H16N2O3. The molecule has 104 valence electrons. The monoisotopic (exact) mass is 272 g/mol. The van der Waals surface area contributed by atoms with Gasteiger partial charge in [0.2, 0.25) is 5.78 Å². The predicted molar refractivity (Wildman–Crippen MR) is 74.0 cm³/mol. The quantitative estimate of drug-likeness (QED) is 0.806. The minimum absolute atomic E-state index is 0.200. The van der Waals surface area contributed by atoms with Crippen molar-refractivity contribution in [3.05, 3.63) is 53.1 Å². The Kier molecular flexibility index (Phi) is 3.98. The van der Waals surface area contributed by atoms with Crippen LogP contribution in [-0.4, -0.2) is 28.0 Å². The predicted octanol–water partition coefficient (Wildman–Crippen LogP) is 2.74. The van der Waals surface area contributed by atoms with Crippen molar-refractivity contribution in [3.63, 3.8) is 0 Å². The number of nitrogens with zero attached hydrogens (tertiary/aromatic N) is 2. The fraction of sp³-hybridized carbons (Fsp3) is 0.267. The van der Waals surface area contributed by atoms with Crippen LogP contribution in [0.5, 0.6) is 0 Å². The molecule has 5 nitrogen and oxygen atoms in total. The van der Waals surface area contributed by atoms with Gasteiger partial charge in [-0.1, -0.05) is 18.2 Å². The smallest absolute Gasteiger partial charge is 0.419 e. The number of aryl methyl sites for hydroxylation is 1. The van der Waals surface area contributed by atoms with Crippen molar-refractivity contribution >= 4 is 11.9 Å². The first-order valence-corrected chi connectivity index (χ1v) is 6.36. The highest BCUT2D eigenvalue weighted by Crippen LogP contribution is 2.16. The van der Waals surface area contributed by atoms with Gasteiger partial charge in [-0.25, -0.2) is 14.3 Å². The average molecular weight is 272 g/mol. The van der Waals surface area contributed by atoms with Crippen molar-refractivity contribution < 1.29 is 14.3 Å². The van der Waals surface area contributed by atoms with Gasteiger partial charge < -0.3 is 4.74 Å². The Morgan fingerprint density at radius 3 is 2.75 bits per heavy atom. The van der Waals surface area contributed by atoms with E-state index >= 15 is 0 Å². The van der Waals surface area contributed by atoms with E-state index in [4.69, 9.17) is 4.74 Å². The van der Waals surface area contributed by atoms with Crippen LogP contribution in [0.25, 0.3) is 0 Å². The number of imidazole rings is 1. The van der Waals surface area contributed by atoms with E-state index in [0.29, 0.717) is 5.56 Å². The van der Waals surface area contributed by atoms with Crippen LogP contribution in [0.1, 0.15) is 34.1 Å². The van der Waals surface area contributed by atoms with Crippen LogP contribution in [0.2, 0.25) is 0 Å². The first kappa shape index (κ1) is 14.0. The first-order chi connectivity index (χ1) is 9.54. The maximum Gasteiger partial charge on any atom is 0.419 e. The second-order valence-electron chi connectivity index (χ2n) is 4.44. The van der Waals surface area contributed by atoms with E-state index in [9.17, 15) is 9.59 Å². The Morgan fingerprint density at radius 1 is 1.30 bits per heavy atom. The Balaban J connectivity index is 2.30. The molecule has 0 bridgehead atoms. The molecule has 0 saturated carbocycles. The van der Waals surface area contributed by atoms with E-state index < -0.39 is 6.09 Å². The van der Waals surface area contributed by atoms with E-state index in [1.165, 1.54) is 17.1 Å². The summed E-state index contributed by atoms with van der Waals surface area (Å²) in [4.78, 5) is 27.9. The van der Waals surface area contributed by atoms with Gasteiger partial charge >= 0.3 is 6.09 Å². The number of benzene rings is 1. The molecule has 0 N–H and O–H groups in total. The highest BCUT2D eigenvalue weighted by atomic mass is 16.5. The first-order valence-electron chi connectivity index (χ1n) is 6.36. The summed E-state index contributed by atoms with van der Waals surface area (Å²) in [6.07, 6.45) is 2.14. The summed E-state index contributed by atoms with van der Waals surface area (Å²) in [5.74, 6) is -0.200. The highest BCUT2D eigenvalue weighted by Gasteiger charge is 2.17. The normalized spacial score (nSPS) is 10.3. The Hall–Kier alpha value is -2.43. The zero-order chi connectivity index (χ0) is 14.7. The lowest BCUT2D eigenvalue weighted by Crippen LogP contribution is -2.11. The zero-order valence-corrected chi connectivity index (χ0v) is 11.7. The number of rotatable bonds is 3. The Labute approximate surface area is 117 Å². The fourth-order valence-electron chi connectivity index (χ4n) is 1.87. The summed E-state index contributed by atoms with van der Waals surface area (Å²) in [6, 6.07) is 5.54. The SMILES string of the molecule is CCOC(=O)n1cnc(C(=O)c2cccc(C)c2C)c1.